The SMILES string of the molecule is Cc1nnc(SCC(=O)N2c3ccccc3OCC2c2ccccc2)n1C. The van der Waals surface area contributed by atoms with Gasteiger partial charge >= 0.3 is 0 Å². The number of hydrogen-bond donors (Lipinski definition) is 0. The van der Waals surface area contributed by atoms with Gasteiger partial charge < -0.3 is 9.30 Å². The van der Waals surface area contributed by atoms with Crippen molar-refractivity contribution in [2.24, 2.45) is 7.05 Å². The van der Waals surface area contributed by atoms with Crippen molar-refractivity contribution in [3.05, 3.63) is 66.0 Å². The van der Waals surface area contributed by atoms with E-state index >= 15 is 0 Å². The highest BCUT2D eigenvalue weighted by atomic mass is 32.2. The number of anilines is 1. The average molecular weight is 380 g/mol. The summed E-state index contributed by atoms with van der Waals surface area (Å²) in [5.74, 6) is 1.86. The number of carbonyl (C=O) groups excluding carboxylic acids is 1. The molecular weight excluding hydrogens is 360 g/mol. The van der Waals surface area contributed by atoms with Gasteiger partial charge in [0.2, 0.25) is 5.91 Å². The maximum Gasteiger partial charge on any atom is 0.238 e. The number of hydrogen-bond acceptors (Lipinski definition) is 5. The van der Waals surface area contributed by atoms with Gasteiger partial charge in [-0.1, -0.05) is 54.2 Å². The second-order valence-electron chi connectivity index (χ2n) is 6.35. The number of amides is 1. The van der Waals surface area contributed by atoms with Crippen molar-refractivity contribution >= 4 is 23.4 Å². The number of thioether (sulfide) groups is 1. The molecule has 138 valence electrons. The lowest BCUT2D eigenvalue weighted by Gasteiger charge is -2.37. The van der Waals surface area contributed by atoms with Crippen molar-refractivity contribution in [2.75, 3.05) is 17.3 Å². The van der Waals surface area contributed by atoms with Gasteiger partial charge in [0.25, 0.3) is 0 Å². The zero-order valence-electron chi connectivity index (χ0n) is 15.2. The van der Waals surface area contributed by atoms with E-state index in [0.717, 1.165) is 28.0 Å². The van der Waals surface area contributed by atoms with Gasteiger partial charge in [-0.05, 0) is 24.6 Å². The predicted octanol–water partition coefficient (Wildman–Crippen LogP) is 3.38. The van der Waals surface area contributed by atoms with Gasteiger partial charge in [-0.3, -0.25) is 9.69 Å². The molecule has 2 heterocycles. The van der Waals surface area contributed by atoms with E-state index in [9.17, 15) is 4.79 Å². The Bertz CT molecular complexity index is 958. The van der Waals surface area contributed by atoms with Crippen LogP contribution in [0.5, 0.6) is 5.75 Å². The predicted molar refractivity (Wildman–Crippen MR) is 105 cm³/mol. The lowest BCUT2D eigenvalue weighted by atomic mass is 10.0. The van der Waals surface area contributed by atoms with Crippen LogP contribution >= 0.6 is 11.8 Å². The highest BCUT2D eigenvalue weighted by Gasteiger charge is 2.33. The number of para-hydroxylation sites is 2. The fourth-order valence-corrected chi connectivity index (χ4v) is 3.94. The Balaban J connectivity index is 1.63. The van der Waals surface area contributed by atoms with Gasteiger partial charge in [0.1, 0.15) is 18.2 Å². The molecule has 0 N–H and O–H groups in total. The van der Waals surface area contributed by atoms with E-state index in [0.29, 0.717) is 6.61 Å². The van der Waals surface area contributed by atoms with E-state index in [-0.39, 0.29) is 17.7 Å². The van der Waals surface area contributed by atoms with Crippen LogP contribution in [-0.2, 0) is 11.8 Å². The lowest BCUT2D eigenvalue weighted by Crippen LogP contribution is -2.42. The highest BCUT2D eigenvalue weighted by Crippen LogP contribution is 2.39. The van der Waals surface area contributed by atoms with E-state index in [4.69, 9.17) is 4.74 Å². The molecule has 2 aromatic carbocycles. The Kier molecular flexibility index (Phi) is 4.85. The summed E-state index contributed by atoms with van der Waals surface area (Å²) in [6.07, 6.45) is 0. The van der Waals surface area contributed by atoms with Crippen LogP contribution in [0, 0.1) is 6.92 Å². The minimum atomic E-state index is -0.157. The summed E-state index contributed by atoms with van der Waals surface area (Å²) in [6, 6.07) is 17.5. The van der Waals surface area contributed by atoms with Crippen molar-refractivity contribution in [1.82, 2.24) is 14.8 Å². The van der Waals surface area contributed by atoms with Crippen molar-refractivity contribution in [3.63, 3.8) is 0 Å². The Hall–Kier alpha value is -2.80. The summed E-state index contributed by atoms with van der Waals surface area (Å²) < 4.78 is 7.82. The van der Waals surface area contributed by atoms with Gasteiger partial charge in [-0.25, -0.2) is 0 Å². The molecular formula is C20H20N4O2S. The largest absolute Gasteiger partial charge is 0.489 e. The topological polar surface area (TPSA) is 60.3 Å². The minimum Gasteiger partial charge on any atom is -0.489 e. The third kappa shape index (κ3) is 3.42. The molecule has 0 aliphatic carbocycles. The quantitative estimate of drug-likeness (QED) is 0.650. The van der Waals surface area contributed by atoms with Crippen LogP contribution in [0.3, 0.4) is 0 Å². The number of carbonyl (C=O) groups is 1. The molecule has 1 amide bonds. The molecule has 3 aromatic rings. The maximum absolute atomic E-state index is 13.2. The molecule has 0 fully saturated rings. The van der Waals surface area contributed by atoms with E-state index in [1.54, 1.807) is 0 Å². The van der Waals surface area contributed by atoms with Crippen molar-refractivity contribution in [3.8, 4) is 5.75 Å². The Morgan fingerprint density at radius 2 is 1.89 bits per heavy atom. The van der Waals surface area contributed by atoms with Crippen LogP contribution in [0.25, 0.3) is 0 Å². The monoisotopic (exact) mass is 380 g/mol. The molecule has 0 bridgehead atoms. The van der Waals surface area contributed by atoms with E-state index in [2.05, 4.69) is 10.2 Å². The van der Waals surface area contributed by atoms with Crippen molar-refractivity contribution in [1.29, 1.82) is 0 Å². The van der Waals surface area contributed by atoms with Gasteiger partial charge in [0, 0.05) is 7.05 Å². The summed E-state index contributed by atoms with van der Waals surface area (Å²) >= 11 is 1.40. The molecule has 1 atom stereocenters. The molecule has 0 saturated heterocycles. The number of rotatable bonds is 4. The molecule has 6 nitrogen and oxygen atoms in total. The van der Waals surface area contributed by atoms with Gasteiger partial charge in [0.05, 0.1) is 17.5 Å². The first-order valence-corrected chi connectivity index (χ1v) is 9.71. The number of nitrogens with zero attached hydrogens (tertiary/aromatic N) is 4. The Labute approximate surface area is 162 Å². The molecule has 0 spiro atoms. The second kappa shape index (κ2) is 7.44. The fraction of sp³-hybridized carbons (Fsp3) is 0.250. The van der Waals surface area contributed by atoms with E-state index in [1.165, 1.54) is 11.8 Å². The Morgan fingerprint density at radius 1 is 1.15 bits per heavy atom. The van der Waals surface area contributed by atoms with Gasteiger partial charge in [-0.15, -0.1) is 10.2 Å². The molecule has 27 heavy (non-hydrogen) atoms. The van der Waals surface area contributed by atoms with E-state index in [1.807, 2.05) is 78.0 Å². The smallest absolute Gasteiger partial charge is 0.238 e. The number of ether oxygens (including phenoxy) is 1. The first-order valence-electron chi connectivity index (χ1n) is 8.73. The zero-order valence-corrected chi connectivity index (χ0v) is 16.0. The molecule has 4 rings (SSSR count). The summed E-state index contributed by atoms with van der Waals surface area (Å²) in [5, 5.41) is 8.92. The van der Waals surface area contributed by atoms with Crippen LogP contribution in [0.15, 0.2) is 59.8 Å². The number of aryl methyl sites for hydroxylation is 1. The van der Waals surface area contributed by atoms with Gasteiger partial charge in [0.15, 0.2) is 5.16 Å². The number of benzene rings is 2. The molecule has 7 heteroatoms. The van der Waals surface area contributed by atoms with Crippen LogP contribution in [0.2, 0.25) is 0 Å². The third-order valence-electron chi connectivity index (χ3n) is 4.66. The normalized spacial score (nSPS) is 15.9. The third-order valence-corrected chi connectivity index (χ3v) is 5.67. The van der Waals surface area contributed by atoms with Crippen LogP contribution in [-0.4, -0.2) is 33.0 Å². The second-order valence-corrected chi connectivity index (χ2v) is 7.29. The zero-order chi connectivity index (χ0) is 18.8. The van der Waals surface area contributed by atoms with Crippen molar-refractivity contribution in [2.45, 2.75) is 18.1 Å². The molecule has 0 radical (unpaired) electrons. The summed E-state index contributed by atoms with van der Waals surface area (Å²) in [4.78, 5) is 15.1. The lowest BCUT2D eigenvalue weighted by molar-refractivity contribution is -0.117. The van der Waals surface area contributed by atoms with Crippen LogP contribution in [0.1, 0.15) is 17.4 Å². The number of aromatic nitrogens is 3. The van der Waals surface area contributed by atoms with Crippen LogP contribution in [0.4, 0.5) is 5.69 Å². The minimum absolute atomic E-state index is 0.0188. The first-order chi connectivity index (χ1) is 13.1. The highest BCUT2D eigenvalue weighted by molar-refractivity contribution is 7.99. The summed E-state index contributed by atoms with van der Waals surface area (Å²) in [6.45, 7) is 2.32. The fourth-order valence-electron chi connectivity index (χ4n) is 3.13. The Morgan fingerprint density at radius 3 is 2.63 bits per heavy atom. The standard InChI is InChI=1S/C20H20N4O2S/c1-14-21-22-20(23(14)2)27-13-19(25)24-16-10-6-7-11-18(16)26-12-17(24)15-8-4-3-5-9-15/h3-11,17H,12-13H2,1-2H3. The van der Waals surface area contributed by atoms with Crippen molar-refractivity contribution < 1.29 is 9.53 Å². The van der Waals surface area contributed by atoms with E-state index < -0.39 is 0 Å². The molecule has 0 saturated carbocycles. The molecule has 1 aliphatic heterocycles. The average Bonchev–Trinajstić information content (AvgIpc) is 3.04. The van der Waals surface area contributed by atoms with Gasteiger partial charge in [-0.2, -0.15) is 0 Å². The van der Waals surface area contributed by atoms with Crippen LogP contribution < -0.4 is 9.64 Å². The molecule has 1 aliphatic rings. The molecule has 1 aromatic heterocycles. The maximum atomic E-state index is 13.2. The first kappa shape index (κ1) is 17.6. The summed E-state index contributed by atoms with van der Waals surface area (Å²) in [7, 11) is 1.90. The molecule has 1 unspecified atom stereocenters. The summed E-state index contributed by atoms with van der Waals surface area (Å²) in [5.41, 5.74) is 1.86. The number of fused-ring (bicyclic) bond motifs is 1.